The Balaban J connectivity index is 1.56. The van der Waals surface area contributed by atoms with E-state index in [0.717, 1.165) is 10.9 Å². The summed E-state index contributed by atoms with van der Waals surface area (Å²) in [6.07, 6.45) is 0. The Morgan fingerprint density at radius 3 is 2.52 bits per heavy atom. The molecule has 0 unspecified atom stereocenters. The van der Waals surface area contributed by atoms with Crippen molar-refractivity contribution in [1.82, 2.24) is 10.2 Å². The molecule has 2 heterocycles. The number of para-hydroxylation sites is 1. The van der Waals surface area contributed by atoms with E-state index in [9.17, 15) is 4.79 Å². The molecule has 112 valence electrons. The van der Waals surface area contributed by atoms with Gasteiger partial charge in [0, 0.05) is 10.9 Å². The summed E-state index contributed by atoms with van der Waals surface area (Å²) < 4.78 is 10.9. The molecule has 1 amide bonds. The minimum Gasteiger partial charge on any atom is -0.451 e. The van der Waals surface area contributed by atoms with Crippen LogP contribution in [0.3, 0.4) is 0 Å². The molecule has 1 N–H and O–H groups in total. The van der Waals surface area contributed by atoms with Gasteiger partial charge in [-0.1, -0.05) is 41.5 Å². The lowest BCUT2D eigenvalue weighted by Gasteiger charge is -1.96. The van der Waals surface area contributed by atoms with Gasteiger partial charge in [-0.25, -0.2) is 0 Å². The molecule has 6 heteroatoms. The zero-order valence-electron chi connectivity index (χ0n) is 11.9. The number of amides is 1. The smallest absolute Gasteiger partial charge is 0.322 e. The molecule has 4 aromatic rings. The molecule has 0 aliphatic rings. The van der Waals surface area contributed by atoms with Crippen LogP contribution in [0, 0.1) is 0 Å². The van der Waals surface area contributed by atoms with Crippen LogP contribution in [0.4, 0.5) is 6.01 Å². The number of nitrogens with one attached hydrogen (secondary N) is 1. The Hall–Kier alpha value is -3.41. The topological polar surface area (TPSA) is 81.2 Å². The van der Waals surface area contributed by atoms with Gasteiger partial charge < -0.3 is 8.83 Å². The average molecular weight is 305 g/mol. The first kappa shape index (κ1) is 13.3. The number of aromatic nitrogens is 2. The van der Waals surface area contributed by atoms with Crippen molar-refractivity contribution < 1.29 is 13.6 Å². The van der Waals surface area contributed by atoms with Crippen molar-refractivity contribution in [1.29, 1.82) is 0 Å². The van der Waals surface area contributed by atoms with Crippen LogP contribution in [0.25, 0.3) is 22.4 Å². The van der Waals surface area contributed by atoms with Gasteiger partial charge in [-0.05, 0) is 24.3 Å². The molecule has 0 spiro atoms. The maximum Gasteiger partial charge on any atom is 0.322 e. The average Bonchev–Trinajstić information content (AvgIpc) is 3.22. The lowest BCUT2D eigenvalue weighted by atomic mass is 10.2. The van der Waals surface area contributed by atoms with Crippen LogP contribution in [0.1, 0.15) is 10.6 Å². The summed E-state index contributed by atoms with van der Waals surface area (Å²) in [6, 6.07) is 18.4. The van der Waals surface area contributed by atoms with Crippen molar-refractivity contribution in [3.63, 3.8) is 0 Å². The molecule has 0 aliphatic heterocycles. The van der Waals surface area contributed by atoms with Gasteiger partial charge in [0.15, 0.2) is 5.76 Å². The van der Waals surface area contributed by atoms with Crippen LogP contribution in [0.15, 0.2) is 69.5 Å². The molecule has 0 radical (unpaired) electrons. The van der Waals surface area contributed by atoms with Crippen molar-refractivity contribution in [2.75, 3.05) is 5.32 Å². The van der Waals surface area contributed by atoms with Crippen molar-refractivity contribution >= 4 is 22.9 Å². The molecule has 4 rings (SSSR count). The maximum atomic E-state index is 12.2. The second kappa shape index (κ2) is 5.42. The lowest BCUT2D eigenvalue weighted by Crippen LogP contribution is -2.10. The highest BCUT2D eigenvalue weighted by molar-refractivity contribution is 6.03. The van der Waals surface area contributed by atoms with E-state index < -0.39 is 5.91 Å². The summed E-state index contributed by atoms with van der Waals surface area (Å²) in [7, 11) is 0. The van der Waals surface area contributed by atoms with Crippen LogP contribution < -0.4 is 5.32 Å². The molecular weight excluding hydrogens is 294 g/mol. The van der Waals surface area contributed by atoms with Gasteiger partial charge in [-0.3, -0.25) is 10.1 Å². The van der Waals surface area contributed by atoms with Crippen molar-refractivity contribution in [3.05, 3.63) is 66.4 Å². The van der Waals surface area contributed by atoms with Gasteiger partial charge in [0.1, 0.15) is 5.58 Å². The van der Waals surface area contributed by atoms with E-state index in [4.69, 9.17) is 8.83 Å². The fourth-order valence-corrected chi connectivity index (χ4v) is 2.22. The number of furan rings is 1. The van der Waals surface area contributed by atoms with Gasteiger partial charge in [0.25, 0.3) is 5.91 Å². The van der Waals surface area contributed by atoms with E-state index in [-0.39, 0.29) is 11.8 Å². The van der Waals surface area contributed by atoms with Crippen LogP contribution >= 0.6 is 0 Å². The van der Waals surface area contributed by atoms with E-state index >= 15 is 0 Å². The van der Waals surface area contributed by atoms with Crippen LogP contribution in [0.2, 0.25) is 0 Å². The summed E-state index contributed by atoms with van der Waals surface area (Å²) >= 11 is 0. The first-order chi connectivity index (χ1) is 11.3. The molecule has 0 atom stereocenters. The van der Waals surface area contributed by atoms with E-state index in [2.05, 4.69) is 15.5 Å². The number of anilines is 1. The number of rotatable bonds is 3. The largest absolute Gasteiger partial charge is 0.451 e. The number of fused-ring (bicyclic) bond motifs is 1. The Morgan fingerprint density at radius 2 is 1.70 bits per heavy atom. The Bertz CT molecular complexity index is 940. The molecule has 0 saturated carbocycles. The summed E-state index contributed by atoms with van der Waals surface area (Å²) in [6.45, 7) is 0. The highest BCUT2D eigenvalue weighted by atomic mass is 16.4. The summed E-state index contributed by atoms with van der Waals surface area (Å²) in [5, 5.41) is 11.1. The zero-order valence-corrected chi connectivity index (χ0v) is 11.9. The van der Waals surface area contributed by atoms with E-state index in [1.54, 1.807) is 12.1 Å². The van der Waals surface area contributed by atoms with E-state index in [0.29, 0.717) is 11.5 Å². The van der Waals surface area contributed by atoms with Crippen molar-refractivity contribution in [3.8, 4) is 11.5 Å². The SMILES string of the molecule is O=C(Nc1nnc(-c2ccccc2)o1)c1cc2ccccc2o1. The van der Waals surface area contributed by atoms with Gasteiger partial charge in [0.05, 0.1) is 0 Å². The molecule has 2 aromatic heterocycles. The summed E-state index contributed by atoms with van der Waals surface area (Å²) in [5.74, 6) is 0.0839. The fraction of sp³-hybridized carbons (Fsp3) is 0. The number of nitrogens with zero attached hydrogens (tertiary/aromatic N) is 2. The number of hydrogen-bond donors (Lipinski definition) is 1. The molecule has 6 nitrogen and oxygen atoms in total. The number of benzene rings is 2. The van der Waals surface area contributed by atoms with Crippen LogP contribution in [-0.4, -0.2) is 16.1 Å². The molecular formula is C17H11N3O3. The second-order valence-corrected chi connectivity index (χ2v) is 4.88. The third-order valence-electron chi connectivity index (χ3n) is 3.32. The number of hydrogen-bond acceptors (Lipinski definition) is 5. The highest BCUT2D eigenvalue weighted by Crippen LogP contribution is 2.21. The van der Waals surface area contributed by atoms with Gasteiger partial charge in [-0.15, -0.1) is 5.10 Å². The first-order valence-corrected chi connectivity index (χ1v) is 6.98. The van der Waals surface area contributed by atoms with Crippen molar-refractivity contribution in [2.24, 2.45) is 0 Å². The monoisotopic (exact) mass is 305 g/mol. The minimum absolute atomic E-state index is 0.0225. The van der Waals surface area contributed by atoms with Gasteiger partial charge in [-0.2, -0.15) is 0 Å². The predicted octanol–water partition coefficient (Wildman–Crippen LogP) is 3.74. The maximum absolute atomic E-state index is 12.2. The quantitative estimate of drug-likeness (QED) is 0.623. The third-order valence-corrected chi connectivity index (χ3v) is 3.32. The van der Waals surface area contributed by atoms with Crippen LogP contribution in [-0.2, 0) is 0 Å². The molecule has 0 fully saturated rings. The molecule has 23 heavy (non-hydrogen) atoms. The molecule has 2 aromatic carbocycles. The summed E-state index contributed by atoms with van der Waals surface area (Å²) in [5.41, 5.74) is 1.43. The Morgan fingerprint density at radius 1 is 0.913 bits per heavy atom. The van der Waals surface area contributed by atoms with Crippen LogP contribution in [0.5, 0.6) is 0 Å². The van der Waals surface area contributed by atoms with E-state index in [1.165, 1.54) is 0 Å². The summed E-state index contributed by atoms with van der Waals surface area (Å²) in [4.78, 5) is 12.2. The first-order valence-electron chi connectivity index (χ1n) is 6.98. The lowest BCUT2D eigenvalue weighted by molar-refractivity contribution is 0.0996. The van der Waals surface area contributed by atoms with Gasteiger partial charge >= 0.3 is 6.01 Å². The molecule has 0 aliphatic carbocycles. The highest BCUT2D eigenvalue weighted by Gasteiger charge is 2.16. The predicted molar refractivity (Wildman–Crippen MR) is 83.9 cm³/mol. The normalized spacial score (nSPS) is 10.8. The minimum atomic E-state index is -0.440. The van der Waals surface area contributed by atoms with E-state index in [1.807, 2.05) is 48.5 Å². The Kier molecular flexibility index (Phi) is 3.12. The molecule has 0 saturated heterocycles. The van der Waals surface area contributed by atoms with Gasteiger partial charge in [0.2, 0.25) is 5.89 Å². The second-order valence-electron chi connectivity index (χ2n) is 4.88. The van der Waals surface area contributed by atoms with Crippen molar-refractivity contribution in [2.45, 2.75) is 0 Å². The number of carbonyl (C=O) groups excluding carboxylic acids is 1. The zero-order chi connectivity index (χ0) is 15.6. The number of carbonyl (C=O) groups is 1. The molecule has 0 bridgehead atoms. The standard InChI is InChI=1S/C17H11N3O3/c21-15(14-10-12-8-4-5-9-13(12)22-14)18-17-20-19-16(23-17)11-6-2-1-3-7-11/h1-10H,(H,18,20,21). The Labute approximate surface area is 130 Å². The fourth-order valence-electron chi connectivity index (χ4n) is 2.22. The third kappa shape index (κ3) is 2.57.